The van der Waals surface area contributed by atoms with Gasteiger partial charge in [0.25, 0.3) is 0 Å². The van der Waals surface area contributed by atoms with Crippen LogP contribution in [0.15, 0.2) is 12.2 Å². The van der Waals surface area contributed by atoms with Gasteiger partial charge in [0.15, 0.2) is 8.32 Å². The summed E-state index contributed by atoms with van der Waals surface area (Å²) in [7, 11) is -1.63. The van der Waals surface area contributed by atoms with Crippen LogP contribution in [0.1, 0.15) is 34.6 Å². The molecule has 0 N–H and O–H groups in total. The fourth-order valence-corrected chi connectivity index (χ4v) is 3.09. The molecule has 2 nitrogen and oxygen atoms in total. The fourth-order valence-electron chi connectivity index (χ4n) is 1.97. The summed E-state index contributed by atoms with van der Waals surface area (Å²) in [4.78, 5) is 10.7. The van der Waals surface area contributed by atoms with Crippen molar-refractivity contribution in [3.63, 3.8) is 0 Å². The first-order chi connectivity index (χ1) is 8.60. The highest BCUT2D eigenvalue weighted by molar-refractivity contribution is 6.74. The Morgan fingerprint density at radius 2 is 1.84 bits per heavy atom. The summed E-state index contributed by atoms with van der Waals surface area (Å²) in [6.07, 6.45) is 5.53. The van der Waals surface area contributed by atoms with Crippen LogP contribution < -0.4 is 0 Å². The van der Waals surface area contributed by atoms with Crippen LogP contribution in [0.2, 0.25) is 18.1 Å². The first-order valence-corrected chi connectivity index (χ1v) is 10.3. The third-order valence-corrected chi connectivity index (χ3v) is 9.35. The summed E-state index contributed by atoms with van der Waals surface area (Å²) in [6, 6.07) is 0. The van der Waals surface area contributed by atoms with E-state index < -0.39 is 8.32 Å². The number of carbonyl (C=O) groups excluding carboxylic acids is 1. The third-order valence-electron chi connectivity index (χ3n) is 4.85. The van der Waals surface area contributed by atoms with Gasteiger partial charge in [-0.3, -0.25) is 0 Å². The molecular formula is C16H30O2Si. The van der Waals surface area contributed by atoms with Gasteiger partial charge in [-0.2, -0.15) is 0 Å². The smallest absolute Gasteiger partial charge is 0.192 e. The van der Waals surface area contributed by atoms with E-state index in [-0.39, 0.29) is 11.0 Å². The van der Waals surface area contributed by atoms with E-state index in [1.165, 1.54) is 0 Å². The van der Waals surface area contributed by atoms with Gasteiger partial charge in [-0.05, 0) is 35.9 Å². The number of aldehydes is 1. The molecule has 1 aliphatic carbocycles. The lowest BCUT2D eigenvalue weighted by Gasteiger charge is -2.36. The topological polar surface area (TPSA) is 26.3 Å². The number of hydrogen-bond donors (Lipinski definition) is 0. The molecule has 110 valence electrons. The molecule has 0 saturated heterocycles. The van der Waals surface area contributed by atoms with Gasteiger partial charge < -0.3 is 9.22 Å². The average molecular weight is 282 g/mol. The molecule has 1 rings (SSSR count). The molecule has 0 heterocycles. The van der Waals surface area contributed by atoms with Gasteiger partial charge in [-0.15, -0.1) is 0 Å². The van der Waals surface area contributed by atoms with Crippen LogP contribution in [0.25, 0.3) is 0 Å². The van der Waals surface area contributed by atoms with E-state index in [2.05, 4.69) is 59.9 Å². The van der Waals surface area contributed by atoms with Gasteiger partial charge in [-0.1, -0.05) is 46.8 Å². The van der Waals surface area contributed by atoms with Gasteiger partial charge in [0.1, 0.15) is 6.29 Å². The van der Waals surface area contributed by atoms with E-state index in [1.54, 1.807) is 0 Å². The lowest BCUT2D eigenvalue weighted by atomic mass is 10.1. The summed E-state index contributed by atoms with van der Waals surface area (Å²) in [6.45, 7) is 16.5. The standard InChI is InChI=1S/C16H30O2Si/c1-12(8-9-14-13(2)15(14)10-17)11-18-19(6,7)16(3,4)5/h8-10,12-15H,11H2,1-7H3/b9-8+/t12-,13-,14+,15+/m1/s1. The Morgan fingerprint density at radius 1 is 1.26 bits per heavy atom. The Balaban J connectivity index is 2.39. The number of rotatable bonds is 6. The van der Waals surface area contributed by atoms with Crippen molar-refractivity contribution in [3.8, 4) is 0 Å². The molecule has 0 unspecified atom stereocenters. The Hall–Kier alpha value is -0.413. The summed E-state index contributed by atoms with van der Waals surface area (Å²) in [5.41, 5.74) is 0. The predicted octanol–water partition coefficient (Wildman–Crippen LogP) is 4.28. The normalized spacial score (nSPS) is 29.5. The summed E-state index contributed by atoms with van der Waals surface area (Å²) < 4.78 is 6.21. The van der Waals surface area contributed by atoms with E-state index in [0.717, 1.165) is 12.9 Å². The fraction of sp³-hybridized carbons (Fsp3) is 0.812. The van der Waals surface area contributed by atoms with Crippen LogP contribution in [0, 0.1) is 23.7 Å². The molecule has 3 heteroatoms. The van der Waals surface area contributed by atoms with Crippen LogP contribution in [0.3, 0.4) is 0 Å². The van der Waals surface area contributed by atoms with Crippen molar-refractivity contribution in [2.75, 3.05) is 6.61 Å². The largest absolute Gasteiger partial charge is 0.416 e. The minimum Gasteiger partial charge on any atom is -0.416 e. The molecule has 0 bridgehead atoms. The van der Waals surface area contributed by atoms with Crippen molar-refractivity contribution >= 4 is 14.6 Å². The zero-order valence-corrected chi connectivity index (χ0v) is 14.6. The van der Waals surface area contributed by atoms with E-state index in [1.807, 2.05) is 0 Å². The van der Waals surface area contributed by atoms with Crippen molar-refractivity contribution in [1.29, 1.82) is 0 Å². The second-order valence-corrected chi connectivity index (χ2v) is 12.4. The Kier molecular flexibility index (Phi) is 5.19. The molecule has 19 heavy (non-hydrogen) atoms. The van der Waals surface area contributed by atoms with Gasteiger partial charge in [0.2, 0.25) is 0 Å². The van der Waals surface area contributed by atoms with Crippen molar-refractivity contribution in [3.05, 3.63) is 12.2 Å². The quantitative estimate of drug-likeness (QED) is 0.413. The molecule has 1 saturated carbocycles. The Bertz CT molecular complexity index is 341. The highest BCUT2D eigenvalue weighted by Gasteiger charge is 2.44. The summed E-state index contributed by atoms with van der Waals surface area (Å²) >= 11 is 0. The summed E-state index contributed by atoms with van der Waals surface area (Å²) in [5, 5.41) is 0.268. The van der Waals surface area contributed by atoms with Gasteiger partial charge >= 0.3 is 0 Å². The van der Waals surface area contributed by atoms with E-state index >= 15 is 0 Å². The van der Waals surface area contributed by atoms with E-state index in [4.69, 9.17) is 4.43 Å². The van der Waals surface area contributed by atoms with Crippen LogP contribution in [0.5, 0.6) is 0 Å². The maximum Gasteiger partial charge on any atom is 0.192 e. The minimum atomic E-state index is -1.63. The lowest BCUT2D eigenvalue weighted by molar-refractivity contribution is -0.109. The molecule has 0 radical (unpaired) electrons. The zero-order valence-electron chi connectivity index (χ0n) is 13.6. The highest BCUT2D eigenvalue weighted by atomic mass is 28.4. The lowest BCUT2D eigenvalue weighted by Crippen LogP contribution is -2.41. The summed E-state index contributed by atoms with van der Waals surface area (Å²) in [5.74, 6) is 1.68. The Morgan fingerprint density at radius 3 is 2.26 bits per heavy atom. The molecule has 4 atom stereocenters. The molecule has 0 spiro atoms. The molecule has 1 aliphatic rings. The van der Waals surface area contributed by atoms with E-state index in [0.29, 0.717) is 17.8 Å². The first kappa shape index (κ1) is 16.6. The predicted molar refractivity (Wildman–Crippen MR) is 83.7 cm³/mol. The second-order valence-electron chi connectivity index (χ2n) is 7.58. The number of carbonyl (C=O) groups is 1. The monoisotopic (exact) mass is 282 g/mol. The van der Waals surface area contributed by atoms with Crippen molar-refractivity contribution in [2.24, 2.45) is 23.7 Å². The van der Waals surface area contributed by atoms with Crippen molar-refractivity contribution in [1.82, 2.24) is 0 Å². The highest BCUT2D eigenvalue weighted by Crippen LogP contribution is 2.45. The van der Waals surface area contributed by atoms with Crippen LogP contribution in [-0.2, 0) is 9.22 Å². The Labute approximate surface area is 119 Å². The maximum absolute atomic E-state index is 10.7. The average Bonchev–Trinajstić information content (AvgIpc) is 2.92. The molecule has 0 aliphatic heterocycles. The van der Waals surface area contributed by atoms with Crippen molar-refractivity contribution < 1.29 is 9.22 Å². The minimum absolute atomic E-state index is 0.254. The van der Waals surface area contributed by atoms with Crippen LogP contribution in [0.4, 0.5) is 0 Å². The molecule has 0 aromatic carbocycles. The van der Waals surface area contributed by atoms with Gasteiger partial charge in [-0.25, -0.2) is 0 Å². The molecule has 0 amide bonds. The second kappa shape index (κ2) is 5.92. The molecular weight excluding hydrogens is 252 g/mol. The third kappa shape index (κ3) is 4.28. The zero-order chi connectivity index (χ0) is 14.8. The first-order valence-electron chi connectivity index (χ1n) is 7.37. The van der Waals surface area contributed by atoms with Crippen LogP contribution in [-0.4, -0.2) is 21.2 Å². The van der Waals surface area contributed by atoms with E-state index in [9.17, 15) is 4.79 Å². The van der Waals surface area contributed by atoms with Crippen LogP contribution >= 0.6 is 0 Å². The molecule has 0 aromatic rings. The van der Waals surface area contributed by atoms with Crippen molar-refractivity contribution in [2.45, 2.75) is 52.8 Å². The number of allylic oxidation sites excluding steroid dienone is 1. The molecule has 0 aromatic heterocycles. The molecule has 1 fully saturated rings. The number of hydrogen-bond acceptors (Lipinski definition) is 2. The van der Waals surface area contributed by atoms with Gasteiger partial charge in [0, 0.05) is 12.5 Å². The maximum atomic E-state index is 10.7. The SMILES string of the molecule is C[C@H]1[C@H](C=O)[C@H]1/C=C/[C@@H](C)CO[Si](C)(C)C(C)(C)C. The van der Waals surface area contributed by atoms with Gasteiger partial charge in [0.05, 0.1) is 0 Å².